The smallest absolute Gasteiger partial charge is 0.393 e. The largest absolute Gasteiger partial charge is 0.417 e. The second kappa shape index (κ2) is 8.19. The number of nitrogens with zero attached hydrogens (tertiary/aromatic N) is 1. The summed E-state index contributed by atoms with van der Waals surface area (Å²) in [6, 6.07) is 0.777. The fourth-order valence-corrected chi connectivity index (χ4v) is 1.76. The van der Waals surface area contributed by atoms with E-state index in [4.69, 9.17) is 16.7 Å². The predicted molar refractivity (Wildman–Crippen MR) is 76.7 cm³/mol. The summed E-state index contributed by atoms with van der Waals surface area (Å²) >= 11 is 5.72. The topological polar surface area (TPSA) is 74.2 Å². The molecule has 0 spiro atoms. The second-order valence-electron chi connectivity index (χ2n) is 4.72. The van der Waals surface area contributed by atoms with Gasteiger partial charge < -0.3 is 15.7 Å². The third-order valence-electron chi connectivity index (χ3n) is 2.70. The molecule has 1 aromatic rings. The zero-order chi connectivity index (χ0) is 16.8. The second-order valence-corrected chi connectivity index (χ2v) is 5.12. The Morgan fingerprint density at radius 2 is 2.14 bits per heavy atom. The van der Waals surface area contributed by atoms with Gasteiger partial charge in [0.25, 0.3) is 0 Å². The number of aliphatic hydroxyl groups is 1. The highest BCUT2D eigenvalue weighted by Gasteiger charge is 2.31. The summed E-state index contributed by atoms with van der Waals surface area (Å²) in [5, 5.41) is 14.2. The number of carbonyl (C=O) groups excluding carboxylic acids is 1. The van der Waals surface area contributed by atoms with Gasteiger partial charge in [-0.05, 0) is 19.4 Å². The van der Waals surface area contributed by atoms with Crippen LogP contribution in [-0.4, -0.2) is 35.2 Å². The van der Waals surface area contributed by atoms with E-state index in [0.717, 1.165) is 6.07 Å². The molecule has 1 amide bonds. The molecule has 1 heterocycles. The molecule has 0 aliphatic heterocycles. The molecule has 5 nitrogen and oxygen atoms in total. The van der Waals surface area contributed by atoms with Crippen molar-refractivity contribution in [3.63, 3.8) is 0 Å². The Labute approximate surface area is 130 Å². The summed E-state index contributed by atoms with van der Waals surface area (Å²) < 4.78 is 37.3. The lowest BCUT2D eigenvalue weighted by atomic mass is 10.2. The van der Waals surface area contributed by atoms with Gasteiger partial charge in [-0.1, -0.05) is 11.6 Å². The van der Waals surface area contributed by atoms with E-state index in [9.17, 15) is 18.0 Å². The Bertz CT molecular complexity index is 510. The van der Waals surface area contributed by atoms with E-state index in [1.54, 1.807) is 6.92 Å². The highest BCUT2D eigenvalue weighted by molar-refractivity contribution is 6.32. The van der Waals surface area contributed by atoms with E-state index in [2.05, 4.69) is 15.6 Å². The van der Waals surface area contributed by atoms with E-state index in [1.807, 2.05) is 0 Å². The van der Waals surface area contributed by atoms with Gasteiger partial charge >= 0.3 is 6.18 Å². The number of aliphatic hydroxyl groups excluding tert-OH is 1. The standard InChI is InChI=1S/C13H17ClF3N3O2/c1-8(21)2-4-18-11(22)3-5-19-12-10(14)6-9(7-20-12)13(15,16)17/h6-8,21H,2-5H2,1H3,(H,18,22)(H,19,20). The summed E-state index contributed by atoms with van der Waals surface area (Å²) in [6.45, 7) is 2.15. The van der Waals surface area contributed by atoms with Gasteiger partial charge in [0.05, 0.1) is 16.7 Å². The van der Waals surface area contributed by atoms with E-state index < -0.39 is 17.8 Å². The zero-order valence-electron chi connectivity index (χ0n) is 11.9. The monoisotopic (exact) mass is 339 g/mol. The molecule has 3 N–H and O–H groups in total. The van der Waals surface area contributed by atoms with Gasteiger partial charge in [0.15, 0.2) is 0 Å². The normalized spacial score (nSPS) is 12.8. The third-order valence-corrected chi connectivity index (χ3v) is 2.99. The van der Waals surface area contributed by atoms with E-state index in [1.165, 1.54) is 0 Å². The summed E-state index contributed by atoms with van der Waals surface area (Å²) in [4.78, 5) is 15.0. The van der Waals surface area contributed by atoms with Crippen molar-refractivity contribution in [3.8, 4) is 0 Å². The van der Waals surface area contributed by atoms with Crippen LogP contribution in [0.3, 0.4) is 0 Å². The summed E-state index contributed by atoms with van der Waals surface area (Å²) in [7, 11) is 0. The molecule has 9 heteroatoms. The highest BCUT2D eigenvalue weighted by Crippen LogP contribution is 2.32. The van der Waals surface area contributed by atoms with Crippen LogP contribution in [0.1, 0.15) is 25.3 Å². The molecular formula is C13H17ClF3N3O2. The number of alkyl halides is 3. The van der Waals surface area contributed by atoms with Crippen LogP contribution in [0.4, 0.5) is 19.0 Å². The molecule has 0 aliphatic rings. The van der Waals surface area contributed by atoms with Gasteiger partial charge in [-0.25, -0.2) is 4.98 Å². The van der Waals surface area contributed by atoms with Crippen molar-refractivity contribution in [1.29, 1.82) is 0 Å². The molecule has 0 radical (unpaired) electrons. The van der Waals surface area contributed by atoms with Crippen LogP contribution in [0.5, 0.6) is 0 Å². The lowest BCUT2D eigenvalue weighted by Crippen LogP contribution is -2.28. The maximum absolute atomic E-state index is 12.4. The molecule has 1 rings (SSSR count). The van der Waals surface area contributed by atoms with Gasteiger partial charge in [0.1, 0.15) is 5.82 Å². The fraction of sp³-hybridized carbons (Fsp3) is 0.538. The van der Waals surface area contributed by atoms with Gasteiger partial charge in [-0.3, -0.25) is 4.79 Å². The molecular weight excluding hydrogens is 323 g/mol. The van der Waals surface area contributed by atoms with Crippen molar-refractivity contribution in [2.24, 2.45) is 0 Å². The average Bonchev–Trinajstić information content (AvgIpc) is 2.39. The minimum atomic E-state index is -4.50. The summed E-state index contributed by atoms with van der Waals surface area (Å²) in [5.74, 6) is -0.150. The van der Waals surface area contributed by atoms with Crippen LogP contribution in [0.25, 0.3) is 0 Å². The maximum Gasteiger partial charge on any atom is 0.417 e. The Morgan fingerprint density at radius 3 is 2.68 bits per heavy atom. The average molecular weight is 340 g/mol. The van der Waals surface area contributed by atoms with Crippen molar-refractivity contribution in [2.75, 3.05) is 18.4 Å². The van der Waals surface area contributed by atoms with Crippen LogP contribution in [-0.2, 0) is 11.0 Å². The first-order valence-corrected chi connectivity index (χ1v) is 6.99. The van der Waals surface area contributed by atoms with Crippen molar-refractivity contribution in [1.82, 2.24) is 10.3 Å². The highest BCUT2D eigenvalue weighted by atomic mass is 35.5. The minimum Gasteiger partial charge on any atom is -0.393 e. The molecule has 1 unspecified atom stereocenters. The molecule has 0 fully saturated rings. The fourth-order valence-electron chi connectivity index (χ4n) is 1.53. The van der Waals surface area contributed by atoms with Crippen molar-refractivity contribution < 1.29 is 23.1 Å². The predicted octanol–water partition coefficient (Wildman–Crippen LogP) is 2.44. The van der Waals surface area contributed by atoms with Crippen molar-refractivity contribution in [3.05, 3.63) is 22.8 Å². The molecule has 0 bridgehead atoms. The number of anilines is 1. The summed E-state index contributed by atoms with van der Waals surface area (Å²) in [5.41, 5.74) is -0.932. The number of hydrogen-bond donors (Lipinski definition) is 3. The Balaban J connectivity index is 2.41. The molecule has 22 heavy (non-hydrogen) atoms. The van der Waals surface area contributed by atoms with Gasteiger partial charge in [0, 0.05) is 25.7 Å². The zero-order valence-corrected chi connectivity index (χ0v) is 12.6. The van der Waals surface area contributed by atoms with E-state index >= 15 is 0 Å². The number of aromatic nitrogens is 1. The van der Waals surface area contributed by atoms with Crippen molar-refractivity contribution >= 4 is 23.3 Å². The number of carbonyl (C=O) groups is 1. The van der Waals surface area contributed by atoms with Gasteiger partial charge in [-0.2, -0.15) is 13.2 Å². The van der Waals surface area contributed by atoms with Crippen LogP contribution < -0.4 is 10.6 Å². The number of amides is 1. The molecule has 0 aromatic carbocycles. The lowest BCUT2D eigenvalue weighted by molar-refractivity contribution is -0.137. The first-order valence-electron chi connectivity index (χ1n) is 6.61. The lowest BCUT2D eigenvalue weighted by Gasteiger charge is -2.11. The van der Waals surface area contributed by atoms with Crippen LogP contribution in [0, 0.1) is 0 Å². The number of pyridine rings is 1. The molecule has 0 saturated heterocycles. The quantitative estimate of drug-likeness (QED) is 0.713. The van der Waals surface area contributed by atoms with Crippen LogP contribution >= 0.6 is 11.6 Å². The van der Waals surface area contributed by atoms with E-state index in [0.29, 0.717) is 19.2 Å². The number of hydrogen-bond acceptors (Lipinski definition) is 4. The van der Waals surface area contributed by atoms with Crippen LogP contribution in [0.2, 0.25) is 5.02 Å². The number of rotatable bonds is 7. The van der Waals surface area contributed by atoms with Crippen LogP contribution in [0.15, 0.2) is 12.3 Å². The minimum absolute atomic E-state index is 0.0893. The first-order chi connectivity index (χ1) is 10.2. The van der Waals surface area contributed by atoms with Crippen molar-refractivity contribution in [2.45, 2.75) is 32.0 Å². The van der Waals surface area contributed by atoms with Gasteiger partial charge in [0.2, 0.25) is 5.91 Å². The molecule has 1 atom stereocenters. The first kappa shape index (κ1) is 18.5. The van der Waals surface area contributed by atoms with Gasteiger partial charge in [-0.15, -0.1) is 0 Å². The number of halogens is 4. The maximum atomic E-state index is 12.4. The Kier molecular flexibility index (Phi) is 6.89. The molecule has 0 saturated carbocycles. The Hall–Kier alpha value is -1.54. The molecule has 1 aromatic heterocycles. The SMILES string of the molecule is CC(O)CCNC(=O)CCNc1ncc(C(F)(F)F)cc1Cl. The Morgan fingerprint density at radius 1 is 1.45 bits per heavy atom. The summed E-state index contributed by atoms with van der Waals surface area (Å²) in [6.07, 6.45) is -3.76. The number of nitrogens with one attached hydrogen (secondary N) is 2. The molecule has 0 aliphatic carbocycles. The molecule has 124 valence electrons. The third kappa shape index (κ3) is 6.48. The van der Waals surface area contributed by atoms with E-state index in [-0.39, 0.29) is 29.7 Å².